The fourth-order valence-electron chi connectivity index (χ4n) is 5.19. The van der Waals surface area contributed by atoms with Gasteiger partial charge in [-0.1, -0.05) is 44.7 Å². The maximum atomic E-state index is 12.2. The van der Waals surface area contributed by atoms with Crippen molar-refractivity contribution in [3.63, 3.8) is 0 Å². The van der Waals surface area contributed by atoms with Crippen LogP contribution in [0, 0.1) is 17.8 Å². The summed E-state index contributed by atoms with van der Waals surface area (Å²) >= 11 is 0. The van der Waals surface area contributed by atoms with E-state index in [1.165, 1.54) is 51.4 Å². The Morgan fingerprint density at radius 3 is 2.15 bits per heavy atom. The van der Waals surface area contributed by atoms with E-state index in [9.17, 15) is 9.90 Å². The van der Waals surface area contributed by atoms with Gasteiger partial charge >= 0.3 is 5.97 Å². The molecule has 0 heterocycles. The van der Waals surface area contributed by atoms with Gasteiger partial charge in [-0.05, 0) is 80.4 Å². The van der Waals surface area contributed by atoms with Crippen LogP contribution in [0.3, 0.4) is 0 Å². The molecule has 0 aromatic heterocycles. The van der Waals surface area contributed by atoms with E-state index < -0.39 is 0 Å². The monoisotopic (exact) mass is 372 g/mol. The number of phenols is 1. The maximum absolute atomic E-state index is 12.2. The van der Waals surface area contributed by atoms with E-state index in [1.807, 2.05) is 12.1 Å². The minimum atomic E-state index is -0.0772. The van der Waals surface area contributed by atoms with Gasteiger partial charge in [0.25, 0.3) is 0 Å². The molecular formula is C24H36O3. The predicted octanol–water partition coefficient (Wildman–Crippen LogP) is 6.03. The number of aromatic hydroxyl groups is 1. The number of carbonyl (C=O) groups excluding carboxylic acids is 1. The highest BCUT2D eigenvalue weighted by molar-refractivity contribution is 5.70. The number of carbonyl (C=O) groups is 1. The van der Waals surface area contributed by atoms with Crippen LogP contribution in [-0.2, 0) is 16.0 Å². The van der Waals surface area contributed by atoms with Gasteiger partial charge in [0, 0.05) is 6.42 Å². The SMILES string of the molecule is CCCC1CCC(C2CCC(OC(=O)CCc3ccc(O)cc3)CC2)CC1. The minimum Gasteiger partial charge on any atom is -0.508 e. The summed E-state index contributed by atoms with van der Waals surface area (Å²) < 4.78 is 5.73. The Balaban J connectivity index is 1.33. The van der Waals surface area contributed by atoms with Crippen molar-refractivity contribution < 1.29 is 14.6 Å². The van der Waals surface area contributed by atoms with Crippen LogP contribution in [0.4, 0.5) is 0 Å². The third-order valence-corrected chi connectivity index (χ3v) is 6.83. The Bertz CT molecular complexity index is 564. The second-order valence-electron chi connectivity index (χ2n) is 8.76. The highest BCUT2D eigenvalue weighted by atomic mass is 16.5. The number of phenolic OH excluding ortho intramolecular Hbond substituents is 1. The van der Waals surface area contributed by atoms with Gasteiger partial charge in [-0.2, -0.15) is 0 Å². The molecule has 2 saturated carbocycles. The fraction of sp³-hybridized carbons (Fsp3) is 0.708. The molecule has 0 saturated heterocycles. The van der Waals surface area contributed by atoms with Crippen LogP contribution < -0.4 is 0 Å². The number of ether oxygens (including phenoxy) is 1. The van der Waals surface area contributed by atoms with Crippen molar-refractivity contribution in [1.29, 1.82) is 0 Å². The summed E-state index contributed by atoms with van der Waals surface area (Å²) in [7, 11) is 0. The Morgan fingerprint density at radius 1 is 0.963 bits per heavy atom. The Kier molecular flexibility index (Phi) is 7.60. The summed E-state index contributed by atoms with van der Waals surface area (Å²) in [6.45, 7) is 2.30. The summed E-state index contributed by atoms with van der Waals surface area (Å²) in [6, 6.07) is 7.06. The molecule has 0 radical (unpaired) electrons. The third kappa shape index (κ3) is 6.26. The van der Waals surface area contributed by atoms with Crippen molar-refractivity contribution in [3.8, 4) is 5.75 Å². The van der Waals surface area contributed by atoms with Crippen molar-refractivity contribution in [1.82, 2.24) is 0 Å². The lowest BCUT2D eigenvalue weighted by atomic mass is 9.70. The van der Waals surface area contributed by atoms with Crippen LogP contribution in [-0.4, -0.2) is 17.2 Å². The van der Waals surface area contributed by atoms with Gasteiger partial charge in [-0.3, -0.25) is 4.79 Å². The largest absolute Gasteiger partial charge is 0.508 e. The molecule has 150 valence electrons. The van der Waals surface area contributed by atoms with Crippen LogP contribution in [0.25, 0.3) is 0 Å². The zero-order valence-electron chi connectivity index (χ0n) is 16.9. The van der Waals surface area contributed by atoms with Gasteiger partial charge in [0.05, 0.1) is 0 Å². The summed E-state index contributed by atoms with van der Waals surface area (Å²) in [5.41, 5.74) is 1.06. The van der Waals surface area contributed by atoms with Gasteiger partial charge in [0.1, 0.15) is 11.9 Å². The first-order chi connectivity index (χ1) is 13.1. The quantitative estimate of drug-likeness (QED) is 0.594. The maximum Gasteiger partial charge on any atom is 0.306 e. The first-order valence-electron chi connectivity index (χ1n) is 11.1. The first-order valence-corrected chi connectivity index (χ1v) is 11.1. The Hall–Kier alpha value is -1.51. The number of benzene rings is 1. The molecule has 1 N–H and O–H groups in total. The predicted molar refractivity (Wildman–Crippen MR) is 109 cm³/mol. The summed E-state index contributed by atoms with van der Waals surface area (Å²) in [6.07, 6.45) is 14.3. The molecule has 1 aromatic rings. The lowest BCUT2D eigenvalue weighted by Crippen LogP contribution is -2.29. The van der Waals surface area contributed by atoms with Gasteiger partial charge < -0.3 is 9.84 Å². The van der Waals surface area contributed by atoms with Gasteiger partial charge in [-0.25, -0.2) is 0 Å². The smallest absolute Gasteiger partial charge is 0.306 e. The zero-order chi connectivity index (χ0) is 19.1. The Morgan fingerprint density at radius 2 is 1.56 bits per heavy atom. The fourth-order valence-corrected chi connectivity index (χ4v) is 5.19. The molecule has 2 fully saturated rings. The highest BCUT2D eigenvalue weighted by Gasteiger charge is 2.31. The van der Waals surface area contributed by atoms with Crippen molar-refractivity contribution in [2.45, 2.75) is 90.1 Å². The van der Waals surface area contributed by atoms with E-state index in [0.29, 0.717) is 12.8 Å². The molecule has 2 aliphatic carbocycles. The molecule has 0 aliphatic heterocycles. The summed E-state index contributed by atoms with van der Waals surface area (Å²) in [5.74, 6) is 2.95. The Labute approximate surface area is 164 Å². The standard InChI is InChI=1S/C24H36O3/c1-2-3-18-4-9-20(10-5-18)21-11-15-23(16-12-21)27-24(26)17-8-19-6-13-22(25)14-7-19/h6-7,13-14,18,20-21,23,25H,2-5,8-12,15-17H2,1H3. The first kappa shape index (κ1) is 20.2. The van der Waals surface area contributed by atoms with Crippen molar-refractivity contribution in [2.24, 2.45) is 17.8 Å². The second-order valence-corrected chi connectivity index (χ2v) is 8.76. The number of hydrogen-bond acceptors (Lipinski definition) is 3. The van der Waals surface area contributed by atoms with Crippen molar-refractivity contribution in [2.75, 3.05) is 0 Å². The average Bonchev–Trinajstić information content (AvgIpc) is 2.69. The second kappa shape index (κ2) is 10.1. The molecule has 0 spiro atoms. The number of hydrogen-bond donors (Lipinski definition) is 1. The number of esters is 1. The van der Waals surface area contributed by atoms with E-state index in [-0.39, 0.29) is 17.8 Å². The van der Waals surface area contributed by atoms with Crippen LogP contribution in [0.5, 0.6) is 5.75 Å². The average molecular weight is 373 g/mol. The lowest BCUT2D eigenvalue weighted by Gasteiger charge is -2.37. The molecule has 0 bridgehead atoms. The normalized spacial score (nSPS) is 28.6. The van der Waals surface area contributed by atoms with Gasteiger partial charge in [-0.15, -0.1) is 0 Å². The molecule has 0 amide bonds. The molecule has 1 aromatic carbocycles. The summed E-state index contributed by atoms with van der Waals surface area (Å²) in [4.78, 5) is 12.2. The lowest BCUT2D eigenvalue weighted by molar-refractivity contribution is -0.151. The van der Waals surface area contributed by atoms with Gasteiger partial charge in [0.15, 0.2) is 0 Å². The molecule has 3 heteroatoms. The van der Waals surface area contributed by atoms with Crippen LogP contribution in [0.15, 0.2) is 24.3 Å². The zero-order valence-corrected chi connectivity index (χ0v) is 16.9. The molecule has 27 heavy (non-hydrogen) atoms. The minimum absolute atomic E-state index is 0.0772. The molecule has 2 aliphatic rings. The van der Waals surface area contributed by atoms with Gasteiger partial charge in [0.2, 0.25) is 0 Å². The molecule has 3 nitrogen and oxygen atoms in total. The van der Waals surface area contributed by atoms with Crippen molar-refractivity contribution >= 4 is 5.97 Å². The highest BCUT2D eigenvalue weighted by Crippen LogP contribution is 2.41. The van der Waals surface area contributed by atoms with E-state index in [0.717, 1.165) is 36.2 Å². The van der Waals surface area contributed by atoms with E-state index in [4.69, 9.17) is 4.74 Å². The van der Waals surface area contributed by atoms with Crippen LogP contribution >= 0.6 is 0 Å². The van der Waals surface area contributed by atoms with E-state index in [2.05, 4.69) is 6.92 Å². The van der Waals surface area contributed by atoms with E-state index in [1.54, 1.807) is 12.1 Å². The molecular weight excluding hydrogens is 336 g/mol. The molecule has 0 atom stereocenters. The van der Waals surface area contributed by atoms with Crippen molar-refractivity contribution in [3.05, 3.63) is 29.8 Å². The summed E-state index contributed by atoms with van der Waals surface area (Å²) in [5, 5.41) is 9.31. The molecule has 0 unspecified atom stereocenters. The molecule has 3 rings (SSSR count). The number of aryl methyl sites for hydroxylation is 1. The van der Waals surface area contributed by atoms with Crippen LogP contribution in [0.2, 0.25) is 0 Å². The topological polar surface area (TPSA) is 46.5 Å². The van der Waals surface area contributed by atoms with Crippen LogP contribution in [0.1, 0.15) is 83.1 Å². The third-order valence-electron chi connectivity index (χ3n) is 6.83. The van der Waals surface area contributed by atoms with E-state index >= 15 is 0 Å². The number of rotatable bonds is 7.